The largest absolute Gasteiger partial charge is 0.489 e. The summed E-state index contributed by atoms with van der Waals surface area (Å²) in [4.78, 5) is 0. The molecular weight excluding hydrogens is 252 g/mol. The van der Waals surface area contributed by atoms with Gasteiger partial charge in [0.25, 0.3) is 0 Å². The van der Waals surface area contributed by atoms with Gasteiger partial charge in [0.15, 0.2) is 0 Å². The number of aliphatic hydroxyl groups is 1. The molecule has 0 saturated carbocycles. The highest BCUT2D eigenvalue weighted by Gasteiger charge is 2.38. The molecule has 3 rings (SSSR count). The van der Waals surface area contributed by atoms with Crippen molar-refractivity contribution in [2.24, 2.45) is 0 Å². The van der Waals surface area contributed by atoms with Crippen molar-refractivity contribution in [3.8, 4) is 5.75 Å². The number of epoxide rings is 1. The van der Waals surface area contributed by atoms with E-state index in [9.17, 15) is 0 Å². The van der Waals surface area contributed by atoms with Gasteiger partial charge in [-0.1, -0.05) is 48.5 Å². The fourth-order valence-corrected chi connectivity index (χ4v) is 2.28. The van der Waals surface area contributed by atoms with Crippen LogP contribution < -0.4 is 4.74 Å². The molecule has 0 amide bonds. The molecule has 0 aliphatic carbocycles. The average Bonchev–Trinajstić information content (AvgIpc) is 3.26. The molecular formula is C17H18O3. The van der Waals surface area contributed by atoms with E-state index < -0.39 is 0 Å². The normalized spacial score (nSPS) is 20.6. The van der Waals surface area contributed by atoms with Crippen LogP contribution >= 0.6 is 0 Å². The van der Waals surface area contributed by atoms with E-state index in [4.69, 9.17) is 14.6 Å². The molecule has 2 aromatic rings. The Morgan fingerprint density at radius 3 is 2.45 bits per heavy atom. The van der Waals surface area contributed by atoms with Crippen LogP contribution in [0, 0.1) is 0 Å². The van der Waals surface area contributed by atoms with E-state index >= 15 is 0 Å². The average molecular weight is 270 g/mol. The van der Waals surface area contributed by atoms with Crippen LogP contribution in [-0.4, -0.2) is 23.9 Å². The molecule has 20 heavy (non-hydrogen) atoms. The van der Waals surface area contributed by atoms with Crippen molar-refractivity contribution in [1.82, 2.24) is 0 Å². The van der Waals surface area contributed by atoms with Crippen molar-refractivity contribution < 1.29 is 14.6 Å². The minimum absolute atomic E-state index is 0.00261. The highest BCUT2D eigenvalue weighted by Crippen LogP contribution is 2.29. The minimum atomic E-state index is -0.00261. The maximum absolute atomic E-state index is 9.02. The second-order valence-corrected chi connectivity index (χ2v) is 4.98. The Balaban J connectivity index is 1.64. The van der Waals surface area contributed by atoms with E-state index in [1.165, 1.54) is 0 Å². The van der Waals surface area contributed by atoms with Gasteiger partial charge < -0.3 is 14.6 Å². The lowest BCUT2D eigenvalue weighted by molar-refractivity contribution is 0.242. The third-order valence-electron chi connectivity index (χ3n) is 3.50. The van der Waals surface area contributed by atoms with Crippen LogP contribution in [0.3, 0.4) is 0 Å². The summed E-state index contributed by atoms with van der Waals surface area (Å²) in [5.41, 5.74) is 2.28. The monoisotopic (exact) mass is 270 g/mol. The summed E-state index contributed by atoms with van der Waals surface area (Å²) in [5, 5.41) is 9.02. The van der Waals surface area contributed by atoms with E-state index in [-0.39, 0.29) is 18.8 Å². The lowest BCUT2D eigenvalue weighted by atomic mass is 10.1. The molecule has 0 aromatic heterocycles. The summed E-state index contributed by atoms with van der Waals surface area (Å²) in [5.74, 6) is 0.892. The van der Waals surface area contributed by atoms with Crippen molar-refractivity contribution in [1.29, 1.82) is 0 Å². The number of hydrogen-bond acceptors (Lipinski definition) is 3. The highest BCUT2D eigenvalue weighted by atomic mass is 16.6. The van der Waals surface area contributed by atoms with Crippen LogP contribution in [0.15, 0.2) is 54.6 Å². The Bertz CT molecular complexity index is 553. The number of rotatable bonds is 6. The number of aliphatic hydroxyl groups excluding tert-OH is 1. The summed E-state index contributed by atoms with van der Waals surface area (Å²) >= 11 is 0. The van der Waals surface area contributed by atoms with Crippen LogP contribution in [0.4, 0.5) is 0 Å². The van der Waals surface area contributed by atoms with E-state index in [1.54, 1.807) is 0 Å². The Kier molecular flexibility index (Phi) is 4.00. The van der Waals surface area contributed by atoms with E-state index in [2.05, 4.69) is 18.2 Å². The molecule has 1 aliphatic heterocycles. The zero-order valence-corrected chi connectivity index (χ0v) is 11.2. The first-order valence-electron chi connectivity index (χ1n) is 6.88. The maximum atomic E-state index is 9.02. The number of hydrogen-bond donors (Lipinski definition) is 1. The zero-order valence-electron chi connectivity index (χ0n) is 11.2. The highest BCUT2D eigenvalue weighted by molar-refractivity contribution is 5.34. The van der Waals surface area contributed by atoms with Gasteiger partial charge in [0, 0.05) is 6.42 Å². The SMILES string of the molecule is OC[C@@H]1O[C@H]1Cc1ccccc1OCc1ccccc1. The van der Waals surface area contributed by atoms with Gasteiger partial charge in [-0.25, -0.2) is 0 Å². The van der Waals surface area contributed by atoms with Gasteiger partial charge in [0.1, 0.15) is 18.5 Å². The zero-order chi connectivity index (χ0) is 13.8. The lowest BCUT2D eigenvalue weighted by Gasteiger charge is -2.10. The molecule has 0 unspecified atom stereocenters. The van der Waals surface area contributed by atoms with Crippen LogP contribution in [0.2, 0.25) is 0 Å². The third-order valence-corrected chi connectivity index (χ3v) is 3.50. The van der Waals surface area contributed by atoms with Gasteiger partial charge >= 0.3 is 0 Å². The molecule has 3 heteroatoms. The van der Waals surface area contributed by atoms with Gasteiger partial charge in [-0.05, 0) is 17.2 Å². The molecule has 3 nitrogen and oxygen atoms in total. The van der Waals surface area contributed by atoms with Gasteiger partial charge in [-0.15, -0.1) is 0 Å². The topological polar surface area (TPSA) is 42.0 Å². The minimum Gasteiger partial charge on any atom is -0.489 e. The Labute approximate surface area is 118 Å². The second-order valence-electron chi connectivity index (χ2n) is 4.98. The van der Waals surface area contributed by atoms with Crippen molar-refractivity contribution in [3.63, 3.8) is 0 Å². The van der Waals surface area contributed by atoms with Crippen LogP contribution in [0.1, 0.15) is 11.1 Å². The summed E-state index contributed by atoms with van der Waals surface area (Å²) < 4.78 is 11.3. The smallest absolute Gasteiger partial charge is 0.123 e. The van der Waals surface area contributed by atoms with Gasteiger partial charge in [-0.2, -0.15) is 0 Å². The molecule has 1 aliphatic rings. The van der Waals surface area contributed by atoms with Gasteiger partial charge in [0.05, 0.1) is 12.7 Å². The van der Waals surface area contributed by atoms with Gasteiger partial charge in [0.2, 0.25) is 0 Å². The number of para-hydroxylation sites is 1. The van der Waals surface area contributed by atoms with E-state index in [0.717, 1.165) is 23.3 Å². The fourth-order valence-electron chi connectivity index (χ4n) is 2.28. The Hall–Kier alpha value is -1.84. The molecule has 2 aromatic carbocycles. The first kappa shape index (κ1) is 13.2. The second kappa shape index (κ2) is 6.07. The summed E-state index contributed by atoms with van der Waals surface area (Å²) in [6.45, 7) is 0.657. The van der Waals surface area contributed by atoms with E-state index in [1.807, 2.05) is 36.4 Å². The maximum Gasteiger partial charge on any atom is 0.123 e. The standard InChI is InChI=1S/C17H18O3/c18-11-17-16(20-17)10-14-8-4-5-9-15(14)19-12-13-6-2-1-3-7-13/h1-9,16-18H,10-12H2/t16-,17-/m0/s1. The predicted octanol–water partition coefficient (Wildman–Crippen LogP) is 2.57. The van der Waals surface area contributed by atoms with Crippen molar-refractivity contribution >= 4 is 0 Å². The number of ether oxygens (including phenoxy) is 2. The molecule has 104 valence electrons. The first-order chi connectivity index (χ1) is 9.86. The van der Waals surface area contributed by atoms with E-state index in [0.29, 0.717) is 6.61 Å². The molecule has 1 fully saturated rings. The van der Waals surface area contributed by atoms with Crippen LogP contribution in [0.5, 0.6) is 5.75 Å². The molecule has 0 spiro atoms. The molecule has 1 saturated heterocycles. The first-order valence-corrected chi connectivity index (χ1v) is 6.88. The van der Waals surface area contributed by atoms with Crippen molar-refractivity contribution in [2.75, 3.05) is 6.61 Å². The van der Waals surface area contributed by atoms with Crippen molar-refractivity contribution in [3.05, 3.63) is 65.7 Å². The molecule has 0 bridgehead atoms. The van der Waals surface area contributed by atoms with Crippen LogP contribution in [-0.2, 0) is 17.8 Å². The fraction of sp³-hybridized carbons (Fsp3) is 0.294. The number of benzene rings is 2. The third kappa shape index (κ3) is 3.18. The van der Waals surface area contributed by atoms with Gasteiger partial charge in [-0.3, -0.25) is 0 Å². The van der Waals surface area contributed by atoms with Crippen LogP contribution in [0.25, 0.3) is 0 Å². The molecule has 2 atom stereocenters. The molecule has 1 N–H and O–H groups in total. The Morgan fingerprint density at radius 1 is 0.950 bits per heavy atom. The summed E-state index contributed by atoms with van der Waals surface area (Å²) in [6.07, 6.45) is 0.912. The summed E-state index contributed by atoms with van der Waals surface area (Å²) in [7, 11) is 0. The quantitative estimate of drug-likeness (QED) is 0.820. The predicted molar refractivity (Wildman–Crippen MR) is 76.7 cm³/mol. The summed E-state index contributed by atoms with van der Waals surface area (Å²) in [6, 6.07) is 18.1. The Morgan fingerprint density at radius 2 is 1.70 bits per heavy atom. The molecule has 1 heterocycles. The molecule has 0 radical (unpaired) electrons. The van der Waals surface area contributed by atoms with Crippen molar-refractivity contribution in [2.45, 2.75) is 25.2 Å². The lowest BCUT2D eigenvalue weighted by Crippen LogP contribution is -2.04.